The van der Waals surface area contributed by atoms with Crippen molar-refractivity contribution in [3.8, 4) is 11.5 Å². The molecule has 0 aliphatic carbocycles. The van der Waals surface area contributed by atoms with Crippen molar-refractivity contribution in [3.63, 3.8) is 0 Å². The first-order valence-electron chi connectivity index (χ1n) is 6.51. The van der Waals surface area contributed by atoms with Crippen molar-refractivity contribution < 1.29 is 9.47 Å². The second-order valence-electron chi connectivity index (χ2n) is 5.06. The molecule has 0 aromatic heterocycles. The maximum absolute atomic E-state index is 5.32. The van der Waals surface area contributed by atoms with Gasteiger partial charge < -0.3 is 14.8 Å². The molecular formula is C15H25NO2. The van der Waals surface area contributed by atoms with Crippen LogP contribution in [0, 0.1) is 5.92 Å². The molecular weight excluding hydrogens is 226 g/mol. The number of hydrogen-bond donors (Lipinski definition) is 1. The topological polar surface area (TPSA) is 30.5 Å². The van der Waals surface area contributed by atoms with E-state index in [0.717, 1.165) is 24.5 Å². The van der Waals surface area contributed by atoms with E-state index in [1.165, 1.54) is 5.56 Å². The maximum Gasteiger partial charge on any atom is 0.160 e. The lowest BCUT2D eigenvalue weighted by Crippen LogP contribution is -2.28. The fraction of sp³-hybridized carbons (Fsp3) is 0.600. The quantitative estimate of drug-likeness (QED) is 0.808. The Bertz CT molecular complexity index is 364. The Balaban J connectivity index is 2.61. The Morgan fingerprint density at radius 1 is 1.06 bits per heavy atom. The van der Waals surface area contributed by atoms with Crippen molar-refractivity contribution >= 4 is 0 Å². The predicted octanol–water partition coefficient (Wildman–Crippen LogP) is 2.88. The molecule has 18 heavy (non-hydrogen) atoms. The molecule has 1 aromatic carbocycles. The average Bonchev–Trinajstić information content (AvgIpc) is 2.36. The third-order valence-electron chi connectivity index (χ3n) is 2.91. The molecule has 0 heterocycles. The zero-order valence-corrected chi connectivity index (χ0v) is 12.1. The Kier molecular flexibility index (Phi) is 5.99. The summed E-state index contributed by atoms with van der Waals surface area (Å²) in [7, 11) is 3.33. The SMILES string of the molecule is COc1ccc(CC(C)CNC(C)C)cc1OC. The van der Waals surface area contributed by atoms with Crippen LogP contribution in [0.2, 0.25) is 0 Å². The van der Waals surface area contributed by atoms with Gasteiger partial charge in [-0.15, -0.1) is 0 Å². The monoisotopic (exact) mass is 251 g/mol. The van der Waals surface area contributed by atoms with Gasteiger partial charge in [0.05, 0.1) is 14.2 Å². The number of methoxy groups -OCH3 is 2. The largest absolute Gasteiger partial charge is 0.493 e. The smallest absolute Gasteiger partial charge is 0.160 e. The fourth-order valence-electron chi connectivity index (χ4n) is 1.92. The lowest BCUT2D eigenvalue weighted by Gasteiger charge is -2.16. The summed E-state index contributed by atoms with van der Waals surface area (Å²) >= 11 is 0. The van der Waals surface area contributed by atoms with Gasteiger partial charge in [-0.2, -0.15) is 0 Å². The lowest BCUT2D eigenvalue weighted by atomic mass is 10.0. The molecule has 0 bridgehead atoms. The summed E-state index contributed by atoms with van der Waals surface area (Å²) in [6.45, 7) is 7.63. The van der Waals surface area contributed by atoms with Crippen molar-refractivity contribution in [2.45, 2.75) is 33.2 Å². The Hall–Kier alpha value is -1.22. The van der Waals surface area contributed by atoms with Gasteiger partial charge in [0.2, 0.25) is 0 Å². The molecule has 3 nitrogen and oxygen atoms in total. The Morgan fingerprint density at radius 2 is 1.72 bits per heavy atom. The zero-order valence-electron chi connectivity index (χ0n) is 12.1. The highest BCUT2D eigenvalue weighted by molar-refractivity contribution is 5.42. The summed E-state index contributed by atoms with van der Waals surface area (Å²) in [5.74, 6) is 2.19. The van der Waals surface area contributed by atoms with Crippen LogP contribution >= 0.6 is 0 Å². The van der Waals surface area contributed by atoms with Crippen molar-refractivity contribution in [3.05, 3.63) is 23.8 Å². The molecule has 1 atom stereocenters. The second kappa shape index (κ2) is 7.27. The number of rotatable bonds is 7. The minimum atomic E-state index is 0.540. The molecule has 0 saturated heterocycles. The van der Waals surface area contributed by atoms with E-state index in [9.17, 15) is 0 Å². The third-order valence-corrected chi connectivity index (χ3v) is 2.91. The van der Waals surface area contributed by atoms with Gasteiger partial charge in [-0.3, -0.25) is 0 Å². The summed E-state index contributed by atoms with van der Waals surface area (Å²) in [6.07, 6.45) is 1.04. The van der Waals surface area contributed by atoms with Crippen LogP contribution in [0.1, 0.15) is 26.3 Å². The molecule has 0 saturated carbocycles. The van der Waals surface area contributed by atoms with Gasteiger partial charge in [-0.25, -0.2) is 0 Å². The summed E-state index contributed by atoms with van der Waals surface area (Å²) < 4.78 is 10.6. The highest BCUT2D eigenvalue weighted by atomic mass is 16.5. The van der Waals surface area contributed by atoms with Gasteiger partial charge in [0.15, 0.2) is 11.5 Å². The third kappa shape index (κ3) is 4.57. The van der Waals surface area contributed by atoms with Gasteiger partial charge in [-0.1, -0.05) is 26.8 Å². The number of nitrogens with one attached hydrogen (secondary N) is 1. The first-order chi connectivity index (χ1) is 8.56. The van der Waals surface area contributed by atoms with Gasteiger partial charge in [0.25, 0.3) is 0 Å². The van der Waals surface area contributed by atoms with E-state index in [-0.39, 0.29) is 0 Å². The highest BCUT2D eigenvalue weighted by Gasteiger charge is 2.08. The fourth-order valence-corrected chi connectivity index (χ4v) is 1.92. The Labute approximate surface area is 110 Å². The van der Waals surface area contributed by atoms with Crippen LogP contribution in [-0.4, -0.2) is 26.8 Å². The van der Waals surface area contributed by atoms with E-state index in [0.29, 0.717) is 12.0 Å². The summed E-state index contributed by atoms with van der Waals surface area (Å²) in [4.78, 5) is 0. The van der Waals surface area contributed by atoms with Crippen molar-refractivity contribution in [2.24, 2.45) is 5.92 Å². The van der Waals surface area contributed by atoms with Crippen LogP contribution < -0.4 is 14.8 Å². The average molecular weight is 251 g/mol. The van der Waals surface area contributed by atoms with Crippen LogP contribution in [0.3, 0.4) is 0 Å². The van der Waals surface area contributed by atoms with Gasteiger partial charge in [0.1, 0.15) is 0 Å². The van der Waals surface area contributed by atoms with Crippen LogP contribution in [0.5, 0.6) is 11.5 Å². The molecule has 0 amide bonds. The van der Waals surface area contributed by atoms with Gasteiger partial charge >= 0.3 is 0 Å². The zero-order chi connectivity index (χ0) is 13.5. The van der Waals surface area contributed by atoms with Gasteiger partial charge in [0, 0.05) is 6.04 Å². The van der Waals surface area contributed by atoms with E-state index in [2.05, 4.69) is 38.2 Å². The highest BCUT2D eigenvalue weighted by Crippen LogP contribution is 2.28. The number of hydrogen-bond acceptors (Lipinski definition) is 3. The van der Waals surface area contributed by atoms with E-state index in [1.54, 1.807) is 14.2 Å². The summed E-state index contributed by atoms with van der Waals surface area (Å²) in [5.41, 5.74) is 1.28. The Morgan fingerprint density at radius 3 is 2.28 bits per heavy atom. The standard InChI is InChI=1S/C15H25NO2/c1-11(2)16-10-12(3)8-13-6-7-14(17-4)15(9-13)18-5/h6-7,9,11-12,16H,8,10H2,1-5H3. The number of ether oxygens (including phenoxy) is 2. The van der Waals surface area contributed by atoms with Gasteiger partial charge in [-0.05, 0) is 36.6 Å². The molecule has 1 rings (SSSR count). The number of benzene rings is 1. The van der Waals surface area contributed by atoms with E-state index in [1.807, 2.05) is 6.07 Å². The molecule has 0 spiro atoms. The molecule has 1 unspecified atom stereocenters. The molecule has 1 aromatic rings. The van der Waals surface area contributed by atoms with Crippen LogP contribution in [0.4, 0.5) is 0 Å². The minimum absolute atomic E-state index is 0.540. The van der Waals surface area contributed by atoms with E-state index in [4.69, 9.17) is 9.47 Å². The molecule has 0 radical (unpaired) electrons. The van der Waals surface area contributed by atoms with Crippen molar-refractivity contribution in [1.82, 2.24) is 5.32 Å². The molecule has 0 fully saturated rings. The predicted molar refractivity (Wildman–Crippen MR) is 75.6 cm³/mol. The molecule has 0 aliphatic rings. The molecule has 1 N–H and O–H groups in total. The van der Waals surface area contributed by atoms with Crippen molar-refractivity contribution in [1.29, 1.82) is 0 Å². The van der Waals surface area contributed by atoms with E-state index >= 15 is 0 Å². The molecule has 0 aliphatic heterocycles. The van der Waals surface area contributed by atoms with Crippen LogP contribution in [-0.2, 0) is 6.42 Å². The summed E-state index contributed by atoms with van der Waals surface area (Å²) in [5, 5.41) is 3.46. The van der Waals surface area contributed by atoms with Crippen LogP contribution in [0.15, 0.2) is 18.2 Å². The minimum Gasteiger partial charge on any atom is -0.493 e. The molecule has 102 valence electrons. The summed E-state index contributed by atoms with van der Waals surface area (Å²) in [6, 6.07) is 6.67. The lowest BCUT2D eigenvalue weighted by molar-refractivity contribution is 0.354. The second-order valence-corrected chi connectivity index (χ2v) is 5.06. The van der Waals surface area contributed by atoms with E-state index < -0.39 is 0 Å². The maximum atomic E-state index is 5.32. The normalized spacial score (nSPS) is 12.6. The van der Waals surface area contributed by atoms with Crippen molar-refractivity contribution in [2.75, 3.05) is 20.8 Å². The first kappa shape index (κ1) is 14.8. The molecule has 3 heteroatoms. The van der Waals surface area contributed by atoms with Crippen LogP contribution in [0.25, 0.3) is 0 Å². The first-order valence-corrected chi connectivity index (χ1v) is 6.51.